The average molecular weight is 484 g/mol. The van der Waals surface area contributed by atoms with Gasteiger partial charge in [0.15, 0.2) is 0 Å². The number of carbonyl (C=O) groups excluding carboxylic acids is 3. The van der Waals surface area contributed by atoms with Crippen molar-refractivity contribution < 1.29 is 23.9 Å². The summed E-state index contributed by atoms with van der Waals surface area (Å²) >= 11 is 0. The highest BCUT2D eigenvalue weighted by Gasteiger charge is 2.37. The molecule has 36 heavy (non-hydrogen) atoms. The molecule has 1 aliphatic rings. The quantitative estimate of drug-likeness (QED) is 0.426. The molecule has 6 heteroatoms. The number of nitrogens with zero attached hydrogens (tertiary/aromatic N) is 1. The van der Waals surface area contributed by atoms with Gasteiger partial charge in [-0.3, -0.25) is 4.79 Å². The Hall–Kier alpha value is -4.19. The minimum atomic E-state index is -0.430. The minimum absolute atomic E-state index is 0.0743. The fraction of sp³-hybridized carbons (Fsp3) is 0.233. The molecule has 0 bridgehead atoms. The number of amides is 1. The van der Waals surface area contributed by atoms with Gasteiger partial charge in [0.2, 0.25) is 5.91 Å². The van der Waals surface area contributed by atoms with Gasteiger partial charge in [-0.2, -0.15) is 0 Å². The summed E-state index contributed by atoms with van der Waals surface area (Å²) in [4.78, 5) is 40.1. The van der Waals surface area contributed by atoms with E-state index in [9.17, 15) is 14.4 Å². The van der Waals surface area contributed by atoms with E-state index in [1.807, 2.05) is 61.5 Å². The van der Waals surface area contributed by atoms with Crippen LogP contribution in [0.3, 0.4) is 0 Å². The van der Waals surface area contributed by atoms with E-state index in [1.54, 1.807) is 36.1 Å². The van der Waals surface area contributed by atoms with Gasteiger partial charge in [-0.25, -0.2) is 9.59 Å². The second-order valence-corrected chi connectivity index (χ2v) is 8.90. The predicted molar refractivity (Wildman–Crippen MR) is 136 cm³/mol. The molecule has 0 saturated heterocycles. The maximum Gasteiger partial charge on any atom is 0.337 e. The fourth-order valence-corrected chi connectivity index (χ4v) is 4.40. The van der Waals surface area contributed by atoms with Gasteiger partial charge in [-0.05, 0) is 42.7 Å². The first kappa shape index (κ1) is 24.9. The summed E-state index contributed by atoms with van der Waals surface area (Å²) in [7, 11) is 1.33. The molecule has 0 N–H and O–H groups in total. The fourth-order valence-electron chi connectivity index (χ4n) is 4.40. The van der Waals surface area contributed by atoms with Crippen molar-refractivity contribution in [2.75, 3.05) is 7.11 Å². The molecule has 1 atom stereocenters. The van der Waals surface area contributed by atoms with Crippen molar-refractivity contribution in [2.45, 2.75) is 39.3 Å². The Morgan fingerprint density at radius 2 is 1.53 bits per heavy atom. The molecule has 3 aromatic carbocycles. The topological polar surface area (TPSA) is 72.9 Å². The van der Waals surface area contributed by atoms with E-state index >= 15 is 0 Å². The molecule has 1 aliphatic heterocycles. The van der Waals surface area contributed by atoms with Crippen LogP contribution in [0.15, 0.2) is 90.1 Å². The highest BCUT2D eigenvalue weighted by molar-refractivity contribution is 5.96. The smallest absolute Gasteiger partial charge is 0.337 e. The van der Waals surface area contributed by atoms with Crippen LogP contribution in [0.25, 0.3) is 0 Å². The summed E-state index contributed by atoms with van der Waals surface area (Å²) in [6.45, 7) is 4.22. The molecular weight excluding hydrogens is 454 g/mol. The molecule has 4 rings (SSSR count). The molecule has 0 spiro atoms. The van der Waals surface area contributed by atoms with Crippen LogP contribution in [0.4, 0.5) is 0 Å². The number of hydrogen-bond donors (Lipinski definition) is 0. The lowest BCUT2D eigenvalue weighted by atomic mass is 9.83. The summed E-state index contributed by atoms with van der Waals surface area (Å²) in [6.07, 6.45) is 0.163. The van der Waals surface area contributed by atoms with Crippen LogP contribution < -0.4 is 0 Å². The number of allylic oxidation sites excluding steroid dienone is 1. The Morgan fingerprint density at radius 1 is 0.861 bits per heavy atom. The summed E-state index contributed by atoms with van der Waals surface area (Å²) in [6, 6.07) is 24.3. The van der Waals surface area contributed by atoms with Crippen LogP contribution in [-0.4, -0.2) is 29.9 Å². The Labute approximate surface area is 211 Å². The summed E-state index contributed by atoms with van der Waals surface area (Å²) in [5.41, 5.74) is 5.23. The average Bonchev–Trinajstić information content (AvgIpc) is 2.90. The number of benzene rings is 3. The largest absolute Gasteiger partial charge is 0.465 e. The summed E-state index contributed by atoms with van der Waals surface area (Å²) in [5, 5.41) is 0. The monoisotopic (exact) mass is 483 g/mol. The van der Waals surface area contributed by atoms with Crippen molar-refractivity contribution in [2.24, 2.45) is 0 Å². The van der Waals surface area contributed by atoms with E-state index in [-0.39, 0.29) is 31.4 Å². The summed E-state index contributed by atoms with van der Waals surface area (Å²) in [5.74, 6) is -1.31. The van der Waals surface area contributed by atoms with E-state index in [4.69, 9.17) is 9.47 Å². The van der Waals surface area contributed by atoms with Crippen molar-refractivity contribution in [3.8, 4) is 0 Å². The van der Waals surface area contributed by atoms with E-state index in [0.717, 1.165) is 22.3 Å². The van der Waals surface area contributed by atoms with E-state index in [2.05, 4.69) is 0 Å². The Bertz CT molecular complexity index is 1280. The van der Waals surface area contributed by atoms with Gasteiger partial charge < -0.3 is 14.4 Å². The van der Waals surface area contributed by atoms with Gasteiger partial charge >= 0.3 is 11.9 Å². The van der Waals surface area contributed by atoms with Crippen molar-refractivity contribution >= 4 is 17.8 Å². The zero-order valence-electron chi connectivity index (χ0n) is 20.7. The van der Waals surface area contributed by atoms with Gasteiger partial charge in [0.05, 0.1) is 24.8 Å². The Kier molecular flexibility index (Phi) is 7.64. The normalized spacial score (nSPS) is 15.6. The van der Waals surface area contributed by atoms with Crippen LogP contribution >= 0.6 is 0 Å². The molecular formula is C30H29NO5. The number of ether oxygens (including phenoxy) is 2. The highest BCUT2D eigenvalue weighted by atomic mass is 16.5. The molecule has 0 aliphatic carbocycles. The van der Waals surface area contributed by atoms with Crippen LogP contribution in [0.1, 0.15) is 51.9 Å². The third-order valence-corrected chi connectivity index (χ3v) is 6.45. The minimum Gasteiger partial charge on any atom is -0.465 e. The molecule has 1 amide bonds. The van der Waals surface area contributed by atoms with E-state index in [0.29, 0.717) is 16.8 Å². The number of methoxy groups -OCH3 is 1. The van der Waals surface area contributed by atoms with Gasteiger partial charge in [0.1, 0.15) is 6.61 Å². The molecule has 3 aromatic rings. The van der Waals surface area contributed by atoms with Gasteiger partial charge in [0.25, 0.3) is 0 Å². The molecule has 6 nitrogen and oxygen atoms in total. The van der Waals surface area contributed by atoms with E-state index < -0.39 is 11.9 Å². The first-order valence-electron chi connectivity index (χ1n) is 11.8. The van der Waals surface area contributed by atoms with Crippen molar-refractivity contribution in [1.29, 1.82) is 0 Å². The second-order valence-electron chi connectivity index (χ2n) is 8.90. The SMILES string of the molecule is COC(=O)c1ccc(CN2C(=O)CC(c3ccc(C)cc3)C(C(=O)OCc3ccccc3)=C2C)cc1. The molecule has 0 radical (unpaired) electrons. The molecule has 184 valence electrons. The molecule has 0 aromatic heterocycles. The van der Waals surface area contributed by atoms with Crippen molar-refractivity contribution in [3.63, 3.8) is 0 Å². The number of aryl methyl sites for hydroxylation is 1. The van der Waals surface area contributed by atoms with Gasteiger partial charge in [-0.1, -0.05) is 72.3 Å². The molecule has 0 saturated carbocycles. The first-order chi connectivity index (χ1) is 17.4. The highest BCUT2D eigenvalue weighted by Crippen LogP contribution is 2.38. The number of rotatable bonds is 7. The molecule has 1 heterocycles. The predicted octanol–water partition coefficient (Wildman–Crippen LogP) is 5.32. The number of esters is 2. The zero-order chi connectivity index (χ0) is 25.7. The lowest BCUT2D eigenvalue weighted by Gasteiger charge is -2.34. The maximum atomic E-state index is 13.4. The zero-order valence-corrected chi connectivity index (χ0v) is 20.7. The lowest BCUT2D eigenvalue weighted by Crippen LogP contribution is -2.38. The van der Waals surface area contributed by atoms with Crippen molar-refractivity contribution in [3.05, 3.63) is 118 Å². The Morgan fingerprint density at radius 3 is 2.17 bits per heavy atom. The van der Waals surface area contributed by atoms with Crippen LogP contribution in [0.5, 0.6) is 0 Å². The van der Waals surface area contributed by atoms with Crippen LogP contribution in [-0.2, 0) is 32.2 Å². The third-order valence-electron chi connectivity index (χ3n) is 6.45. The van der Waals surface area contributed by atoms with Crippen LogP contribution in [0, 0.1) is 6.92 Å². The number of carbonyl (C=O) groups is 3. The molecule has 0 fully saturated rings. The van der Waals surface area contributed by atoms with Crippen molar-refractivity contribution in [1.82, 2.24) is 4.90 Å². The second kappa shape index (κ2) is 11.0. The maximum absolute atomic E-state index is 13.4. The lowest BCUT2D eigenvalue weighted by molar-refractivity contribution is -0.141. The first-order valence-corrected chi connectivity index (χ1v) is 11.8. The van der Waals surface area contributed by atoms with E-state index in [1.165, 1.54) is 7.11 Å². The third kappa shape index (κ3) is 5.54. The van der Waals surface area contributed by atoms with Crippen LogP contribution in [0.2, 0.25) is 0 Å². The number of hydrogen-bond acceptors (Lipinski definition) is 5. The standard InChI is InChI=1S/C30H29NO5/c1-20-9-13-24(14-10-20)26-17-27(32)31(18-22-11-15-25(16-12-22)29(33)35-3)21(2)28(26)30(34)36-19-23-7-5-4-6-8-23/h4-16,26H,17-19H2,1-3H3. The Balaban J connectivity index is 1.65. The van der Waals surface area contributed by atoms with Gasteiger partial charge in [0, 0.05) is 18.0 Å². The van der Waals surface area contributed by atoms with Gasteiger partial charge in [-0.15, -0.1) is 0 Å². The summed E-state index contributed by atoms with van der Waals surface area (Å²) < 4.78 is 10.5. The molecule has 1 unspecified atom stereocenters.